The van der Waals surface area contributed by atoms with E-state index >= 15 is 0 Å². The molecule has 4 heteroatoms. The third-order valence-corrected chi connectivity index (χ3v) is 3.88. The topological polar surface area (TPSA) is 38.9 Å². The van der Waals surface area contributed by atoms with E-state index in [0.717, 1.165) is 17.7 Å². The van der Waals surface area contributed by atoms with Crippen LogP contribution in [-0.4, -0.2) is 15.4 Å². The lowest BCUT2D eigenvalue weighted by atomic mass is 10.2. The highest BCUT2D eigenvalue weighted by molar-refractivity contribution is 7.99. The van der Waals surface area contributed by atoms with Crippen LogP contribution in [0.25, 0.3) is 11.4 Å². The largest absolute Gasteiger partial charge is 0.338 e. The van der Waals surface area contributed by atoms with Crippen molar-refractivity contribution < 1.29 is 4.52 Å². The van der Waals surface area contributed by atoms with Gasteiger partial charge in [0.1, 0.15) is 0 Å². The molecular formula is C13H16N2OS. The number of thioether (sulfide) groups is 1. The van der Waals surface area contributed by atoms with Gasteiger partial charge in [-0.3, -0.25) is 0 Å². The van der Waals surface area contributed by atoms with Gasteiger partial charge in [0.15, 0.2) is 0 Å². The van der Waals surface area contributed by atoms with Crippen molar-refractivity contribution in [3.8, 4) is 11.4 Å². The van der Waals surface area contributed by atoms with Crippen molar-refractivity contribution >= 4 is 11.8 Å². The Bertz CT molecular complexity index is 455. The molecule has 0 saturated heterocycles. The summed E-state index contributed by atoms with van der Waals surface area (Å²) in [5.74, 6) is 2.16. The molecule has 2 aromatic rings. The molecule has 0 fully saturated rings. The van der Waals surface area contributed by atoms with Crippen molar-refractivity contribution in [2.45, 2.75) is 31.3 Å². The zero-order chi connectivity index (χ0) is 12.1. The summed E-state index contributed by atoms with van der Waals surface area (Å²) in [5.41, 5.74) is 0.996. The first-order chi connectivity index (χ1) is 8.29. The maximum absolute atomic E-state index is 5.23. The van der Waals surface area contributed by atoms with E-state index in [1.807, 2.05) is 42.1 Å². The van der Waals surface area contributed by atoms with Crippen LogP contribution >= 0.6 is 11.8 Å². The van der Waals surface area contributed by atoms with Gasteiger partial charge in [0, 0.05) is 10.8 Å². The molecule has 0 bridgehead atoms. The predicted octanol–water partition coefficient (Wildman–Crippen LogP) is 3.77. The zero-order valence-electron chi connectivity index (χ0n) is 10.1. The van der Waals surface area contributed by atoms with E-state index in [-0.39, 0.29) is 0 Å². The molecule has 0 N–H and O–H groups in total. The monoisotopic (exact) mass is 248 g/mol. The number of nitrogens with zero attached hydrogens (tertiary/aromatic N) is 2. The first kappa shape index (κ1) is 12.2. The fraction of sp³-hybridized carbons (Fsp3) is 0.385. The molecule has 0 aliphatic rings. The van der Waals surface area contributed by atoms with Crippen LogP contribution in [-0.2, 0) is 5.75 Å². The predicted molar refractivity (Wildman–Crippen MR) is 70.8 cm³/mol. The van der Waals surface area contributed by atoms with E-state index < -0.39 is 0 Å². The fourth-order valence-corrected chi connectivity index (χ4v) is 2.13. The first-order valence-electron chi connectivity index (χ1n) is 5.79. The molecule has 0 radical (unpaired) electrons. The smallest absolute Gasteiger partial charge is 0.236 e. The van der Waals surface area contributed by atoms with Crippen LogP contribution in [0.4, 0.5) is 0 Å². The Labute approximate surface area is 106 Å². The van der Waals surface area contributed by atoms with E-state index in [2.05, 4.69) is 24.0 Å². The number of hydrogen-bond acceptors (Lipinski definition) is 4. The molecule has 3 nitrogen and oxygen atoms in total. The second kappa shape index (κ2) is 5.87. The molecule has 1 heterocycles. The van der Waals surface area contributed by atoms with Crippen LogP contribution in [0, 0.1) is 0 Å². The molecule has 1 atom stereocenters. The highest BCUT2D eigenvalue weighted by Gasteiger charge is 2.09. The number of rotatable bonds is 5. The van der Waals surface area contributed by atoms with Crippen LogP contribution in [0.5, 0.6) is 0 Å². The summed E-state index contributed by atoms with van der Waals surface area (Å²) in [4.78, 5) is 4.39. The van der Waals surface area contributed by atoms with Gasteiger partial charge in [-0.15, -0.1) is 11.8 Å². The van der Waals surface area contributed by atoms with Crippen LogP contribution < -0.4 is 0 Å². The van der Waals surface area contributed by atoms with Gasteiger partial charge in [-0.2, -0.15) is 4.98 Å². The molecule has 1 aromatic carbocycles. The average molecular weight is 248 g/mol. The standard InChI is InChI=1S/C13H16N2OS/c1-3-10(2)17-9-12-14-13(15-16-12)11-7-5-4-6-8-11/h4-8,10H,3,9H2,1-2H3. The summed E-state index contributed by atoms with van der Waals surface area (Å²) in [6.45, 7) is 4.39. The van der Waals surface area contributed by atoms with Crippen molar-refractivity contribution in [2.75, 3.05) is 0 Å². The third-order valence-electron chi connectivity index (χ3n) is 2.57. The lowest BCUT2D eigenvalue weighted by Crippen LogP contribution is -1.93. The number of benzene rings is 1. The second-order valence-corrected chi connectivity index (χ2v) is 5.33. The molecule has 2 rings (SSSR count). The minimum Gasteiger partial charge on any atom is -0.338 e. The minimum atomic E-state index is 0.627. The van der Waals surface area contributed by atoms with Gasteiger partial charge in [0.2, 0.25) is 11.7 Å². The highest BCUT2D eigenvalue weighted by Crippen LogP contribution is 2.21. The Morgan fingerprint density at radius 3 is 2.76 bits per heavy atom. The summed E-state index contributed by atoms with van der Waals surface area (Å²) in [7, 11) is 0. The van der Waals surface area contributed by atoms with Crippen LogP contribution in [0.15, 0.2) is 34.9 Å². The summed E-state index contributed by atoms with van der Waals surface area (Å²) in [6.07, 6.45) is 1.16. The van der Waals surface area contributed by atoms with Gasteiger partial charge in [-0.05, 0) is 6.42 Å². The van der Waals surface area contributed by atoms with Gasteiger partial charge in [-0.1, -0.05) is 49.3 Å². The molecule has 0 aliphatic heterocycles. The molecule has 1 aromatic heterocycles. The van der Waals surface area contributed by atoms with Crippen molar-refractivity contribution in [3.63, 3.8) is 0 Å². The van der Waals surface area contributed by atoms with Crippen LogP contribution in [0.2, 0.25) is 0 Å². The molecular weight excluding hydrogens is 232 g/mol. The lowest BCUT2D eigenvalue weighted by Gasteiger charge is -2.03. The first-order valence-corrected chi connectivity index (χ1v) is 6.84. The third kappa shape index (κ3) is 3.33. The summed E-state index contributed by atoms with van der Waals surface area (Å²) in [5, 5.41) is 4.62. The number of aromatic nitrogens is 2. The molecule has 0 spiro atoms. The maximum atomic E-state index is 5.23. The Kier molecular flexibility index (Phi) is 4.20. The SMILES string of the molecule is CCC(C)SCc1nc(-c2ccccc2)no1. The summed E-state index contributed by atoms with van der Waals surface area (Å²) >= 11 is 1.84. The lowest BCUT2D eigenvalue weighted by molar-refractivity contribution is 0.391. The fourth-order valence-electron chi connectivity index (χ4n) is 1.35. The normalized spacial score (nSPS) is 12.6. The van der Waals surface area contributed by atoms with Crippen molar-refractivity contribution in [1.82, 2.24) is 10.1 Å². The molecule has 0 amide bonds. The van der Waals surface area contributed by atoms with Gasteiger partial charge in [0.25, 0.3) is 0 Å². The average Bonchev–Trinajstić information content (AvgIpc) is 2.86. The van der Waals surface area contributed by atoms with E-state index in [4.69, 9.17) is 4.52 Å². The Hall–Kier alpha value is -1.29. The zero-order valence-corrected chi connectivity index (χ0v) is 10.9. The van der Waals surface area contributed by atoms with Crippen molar-refractivity contribution in [3.05, 3.63) is 36.2 Å². The minimum absolute atomic E-state index is 0.627. The molecule has 1 unspecified atom stereocenters. The Balaban J connectivity index is 2.01. The second-order valence-electron chi connectivity index (χ2n) is 3.91. The molecule has 0 aliphatic carbocycles. The summed E-state index contributed by atoms with van der Waals surface area (Å²) < 4.78 is 5.23. The van der Waals surface area contributed by atoms with Crippen molar-refractivity contribution in [1.29, 1.82) is 0 Å². The van der Waals surface area contributed by atoms with Crippen LogP contribution in [0.3, 0.4) is 0 Å². The van der Waals surface area contributed by atoms with Gasteiger partial charge >= 0.3 is 0 Å². The molecule has 0 saturated carbocycles. The Morgan fingerprint density at radius 2 is 2.06 bits per heavy atom. The van der Waals surface area contributed by atoms with Crippen molar-refractivity contribution in [2.24, 2.45) is 0 Å². The number of hydrogen-bond donors (Lipinski definition) is 0. The maximum Gasteiger partial charge on any atom is 0.236 e. The van der Waals surface area contributed by atoms with E-state index in [9.17, 15) is 0 Å². The van der Waals surface area contributed by atoms with Gasteiger partial charge in [0.05, 0.1) is 5.75 Å². The van der Waals surface area contributed by atoms with Crippen LogP contribution in [0.1, 0.15) is 26.2 Å². The molecule has 17 heavy (non-hydrogen) atoms. The van der Waals surface area contributed by atoms with E-state index in [1.165, 1.54) is 0 Å². The van der Waals surface area contributed by atoms with E-state index in [0.29, 0.717) is 17.0 Å². The summed E-state index contributed by atoms with van der Waals surface area (Å²) in [6, 6.07) is 9.88. The molecule has 90 valence electrons. The van der Waals surface area contributed by atoms with Gasteiger partial charge < -0.3 is 4.52 Å². The highest BCUT2D eigenvalue weighted by atomic mass is 32.2. The van der Waals surface area contributed by atoms with E-state index in [1.54, 1.807) is 0 Å². The van der Waals surface area contributed by atoms with Gasteiger partial charge in [-0.25, -0.2) is 0 Å². The Morgan fingerprint density at radius 1 is 1.29 bits per heavy atom. The quantitative estimate of drug-likeness (QED) is 0.807.